The predicted molar refractivity (Wildman–Crippen MR) is 306 cm³/mol. The molecule has 0 radical (unpaired) electrons. The molecular weight excluding hydrogens is 1100 g/mol. The third kappa shape index (κ3) is 29.4. The summed E-state index contributed by atoms with van der Waals surface area (Å²) >= 11 is 0. The highest BCUT2D eigenvalue weighted by atomic mass is 16.4. The van der Waals surface area contributed by atoms with Crippen molar-refractivity contribution >= 4 is 76.9 Å². The summed E-state index contributed by atoms with van der Waals surface area (Å²) in [5.74, 6) is -13.4. The highest BCUT2D eigenvalue weighted by molar-refractivity contribution is 5.98. The van der Waals surface area contributed by atoms with Crippen LogP contribution in [0.3, 0.4) is 0 Å². The first-order chi connectivity index (χ1) is 39.3. The van der Waals surface area contributed by atoms with Gasteiger partial charge in [0.25, 0.3) is 0 Å². The Kier molecular flexibility index (Phi) is 36.8. The Balaban J connectivity index is 5.56. The van der Waals surface area contributed by atoms with Gasteiger partial charge in [-0.15, -0.1) is 0 Å². The van der Waals surface area contributed by atoms with Crippen LogP contribution in [0.5, 0.6) is 0 Å². The number of nitrogens with two attached hydrogens (primary N) is 3. The number of carboxylic acid groups (broad SMARTS) is 1. The summed E-state index contributed by atoms with van der Waals surface area (Å²) in [7, 11) is 0. The molecule has 0 saturated carbocycles. The Morgan fingerprint density at radius 1 is 0.369 bits per heavy atom. The Labute approximate surface area is 491 Å². The van der Waals surface area contributed by atoms with Crippen molar-refractivity contribution in [3.05, 3.63) is 0 Å². The predicted octanol–water partition coefficient (Wildman–Crippen LogP) is -5.96. The first-order valence-electron chi connectivity index (χ1n) is 28.4. The van der Waals surface area contributed by atoms with E-state index in [0.29, 0.717) is 38.6 Å². The molecule has 0 rings (SSSR count). The molecule has 84 heavy (non-hydrogen) atoms. The van der Waals surface area contributed by atoms with Crippen LogP contribution in [-0.2, 0) is 62.3 Å². The lowest BCUT2D eigenvalue weighted by Crippen LogP contribution is -2.61. The van der Waals surface area contributed by atoms with Gasteiger partial charge >= 0.3 is 5.97 Å². The number of nitrogens with one attached hydrogen (secondary N) is 12. The van der Waals surface area contributed by atoms with Crippen molar-refractivity contribution in [3.8, 4) is 0 Å². The van der Waals surface area contributed by atoms with E-state index in [2.05, 4.69) is 63.8 Å². The molecule has 31 heteroatoms. The highest BCUT2D eigenvalue weighted by Gasteiger charge is 2.36. The summed E-state index contributed by atoms with van der Waals surface area (Å²) in [5.41, 5.74) is 17.1. The first-order valence-corrected chi connectivity index (χ1v) is 28.4. The lowest BCUT2D eigenvalue weighted by atomic mass is 9.97. The molecule has 0 aliphatic rings. The molecule has 0 heterocycles. The molecule has 0 aromatic carbocycles. The third-order valence-electron chi connectivity index (χ3n) is 12.9. The summed E-state index contributed by atoms with van der Waals surface area (Å²) in [4.78, 5) is 169. The van der Waals surface area contributed by atoms with Crippen molar-refractivity contribution in [2.45, 2.75) is 182 Å². The molecule has 10 atom stereocenters. The van der Waals surface area contributed by atoms with E-state index in [4.69, 9.17) is 17.2 Å². The van der Waals surface area contributed by atoms with E-state index in [1.54, 1.807) is 55.4 Å². The molecule has 0 fully saturated rings. The lowest BCUT2D eigenvalue weighted by molar-refractivity contribution is -0.143. The Morgan fingerprint density at radius 3 is 1.17 bits per heavy atom. The van der Waals surface area contributed by atoms with Crippen molar-refractivity contribution in [1.29, 1.82) is 0 Å². The summed E-state index contributed by atoms with van der Waals surface area (Å²) in [5, 5.41) is 57.6. The second-order valence-electron chi connectivity index (χ2n) is 22.2. The van der Waals surface area contributed by atoms with Gasteiger partial charge in [0.05, 0.1) is 38.9 Å². The lowest BCUT2D eigenvalue weighted by Gasteiger charge is -2.30. The van der Waals surface area contributed by atoms with Gasteiger partial charge in [-0.05, 0) is 88.1 Å². The van der Waals surface area contributed by atoms with Crippen LogP contribution in [0.1, 0.15) is 121 Å². The van der Waals surface area contributed by atoms with Gasteiger partial charge in [0.2, 0.25) is 70.9 Å². The quantitative estimate of drug-likeness (QED) is 0.0253. The molecule has 0 bridgehead atoms. The minimum absolute atomic E-state index is 0.0301. The van der Waals surface area contributed by atoms with Gasteiger partial charge in [-0.1, -0.05) is 75.7 Å². The maximum atomic E-state index is 13.8. The molecule has 0 spiro atoms. The SMILES string of the molecule is CC(C)C[C@H](NC(=O)[C@@H](N)CCCCN)C(=O)N[C@H](C(=O)N[C@H](C(=O)N[C@H](C(=O)NCC(=O)N[C@@H](C)C(=O)N[C@@H](CO)C(=O)NCC(=O)N[C@H](C(=O)NCC(=O)N[C@@H](CCCCN)C(=O)N[C@@H](CO)C(=O)O)C(C)C)C(C)C)C(C)C)C(C)C. The van der Waals surface area contributed by atoms with Crippen LogP contribution < -0.4 is 81.0 Å². The summed E-state index contributed by atoms with van der Waals surface area (Å²) in [6, 6.07) is -12.6. The van der Waals surface area contributed by atoms with Gasteiger partial charge in [-0.25, -0.2) is 4.79 Å². The molecule has 0 saturated heterocycles. The van der Waals surface area contributed by atoms with E-state index < -0.39 is 194 Å². The van der Waals surface area contributed by atoms with Crippen LogP contribution in [0.4, 0.5) is 0 Å². The minimum Gasteiger partial charge on any atom is -0.480 e. The number of unbranched alkanes of at least 4 members (excludes halogenated alkanes) is 2. The number of hydrogen-bond acceptors (Lipinski definition) is 18. The first kappa shape index (κ1) is 76.9. The Morgan fingerprint density at radius 2 is 0.738 bits per heavy atom. The van der Waals surface area contributed by atoms with Gasteiger partial charge in [0.15, 0.2) is 0 Å². The van der Waals surface area contributed by atoms with E-state index in [1.807, 2.05) is 13.8 Å². The fourth-order valence-electron chi connectivity index (χ4n) is 7.88. The van der Waals surface area contributed by atoms with Crippen LogP contribution in [0.2, 0.25) is 0 Å². The zero-order valence-electron chi connectivity index (χ0n) is 50.4. The molecular formula is C53H97N15O16. The molecule has 0 unspecified atom stereocenters. The number of carbonyl (C=O) groups is 13. The van der Waals surface area contributed by atoms with E-state index in [0.717, 1.165) is 0 Å². The molecule has 12 amide bonds. The minimum atomic E-state index is -1.64. The number of aliphatic hydroxyl groups is 2. The molecule has 480 valence electrons. The highest BCUT2D eigenvalue weighted by Crippen LogP contribution is 2.12. The fourth-order valence-corrected chi connectivity index (χ4v) is 7.88. The average molecular weight is 1200 g/mol. The number of rotatable bonds is 41. The third-order valence-corrected chi connectivity index (χ3v) is 12.9. The van der Waals surface area contributed by atoms with E-state index in [1.165, 1.54) is 6.92 Å². The Bertz CT molecular complexity index is 2200. The summed E-state index contributed by atoms with van der Waals surface area (Å²) in [6.45, 7) is 14.8. The zero-order chi connectivity index (χ0) is 64.6. The maximum absolute atomic E-state index is 13.8. The standard InChI is InChI=1S/C53H97N15O16/c1-26(2)20-34(62-45(75)32(56)16-12-14-18-54)48(78)66-42(29(7)8)51(81)68-43(30(9)10)52(82)67-41(28(5)6)50(80)58-21-37(71)60-31(11)44(74)63-35(24-69)46(76)57-23-39(73)65-40(27(3)4)49(79)59-22-38(72)61-33(17-13-15-19-55)47(77)64-36(25-70)53(83)84/h26-36,40-43,69-70H,12-25,54-56H2,1-11H3,(H,57,76)(H,58,80)(H,59,79)(H,60,71)(H,61,72)(H,62,75)(H,63,74)(H,64,77)(H,65,73)(H,66,78)(H,67,82)(H,68,81)(H,83,84)/t31-,32-,33-,34-,35-,36-,40-,41-,42-,43-/m0/s1. The zero-order valence-corrected chi connectivity index (χ0v) is 50.4. The smallest absolute Gasteiger partial charge is 0.328 e. The summed E-state index contributed by atoms with van der Waals surface area (Å²) in [6.07, 6.45) is 2.80. The van der Waals surface area contributed by atoms with Crippen LogP contribution in [0.25, 0.3) is 0 Å². The monoisotopic (exact) mass is 1200 g/mol. The van der Waals surface area contributed by atoms with Crippen LogP contribution >= 0.6 is 0 Å². The van der Waals surface area contributed by atoms with E-state index >= 15 is 0 Å². The van der Waals surface area contributed by atoms with Crippen molar-refractivity contribution in [2.75, 3.05) is 45.9 Å². The number of amides is 12. The maximum Gasteiger partial charge on any atom is 0.328 e. The number of aliphatic hydroxyl groups excluding tert-OH is 2. The molecule has 0 aliphatic heterocycles. The normalized spacial score (nSPS) is 14.9. The molecule has 0 aromatic heterocycles. The largest absolute Gasteiger partial charge is 0.480 e. The van der Waals surface area contributed by atoms with Crippen molar-refractivity contribution < 1.29 is 77.6 Å². The molecule has 0 aromatic rings. The van der Waals surface area contributed by atoms with Crippen LogP contribution in [-0.4, -0.2) is 199 Å². The van der Waals surface area contributed by atoms with Crippen molar-refractivity contribution in [1.82, 2.24) is 63.8 Å². The van der Waals surface area contributed by atoms with Crippen molar-refractivity contribution in [3.63, 3.8) is 0 Å². The van der Waals surface area contributed by atoms with Gasteiger partial charge in [-0.3, -0.25) is 57.5 Å². The van der Waals surface area contributed by atoms with Gasteiger partial charge in [0, 0.05) is 0 Å². The van der Waals surface area contributed by atoms with Crippen LogP contribution in [0.15, 0.2) is 0 Å². The Hall–Kier alpha value is -7.09. The molecule has 0 aliphatic carbocycles. The van der Waals surface area contributed by atoms with Gasteiger partial charge in [-0.2, -0.15) is 0 Å². The van der Waals surface area contributed by atoms with Gasteiger partial charge < -0.3 is 96.3 Å². The number of hydrogen-bond donors (Lipinski definition) is 18. The second kappa shape index (κ2) is 40.2. The van der Waals surface area contributed by atoms with E-state index in [-0.39, 0.29) is 25.3 Å². The number of carboxylic acids is 1. The van der Waals surface area contributed by atoms with Crippen LogP contribution in [0, 0.1) is 29.6 Å². The van der Waals surface area contributed by atoms with Gasteiger partial charge in [0.1, 0.15) is 54.4 Å². The fraction of sp³-hybridized carbons (Fsp3) is 0.755. The van der Waals surface area contributed by atoms with Crippen molar-refractivity contribution in [2.24, 2.45) is 46.8 Å². The molecule has 31 nitrogen and oxygen atoms in total. The topological polar surface area (TPSA) is 505 Å². The number of carbonyl (C=O) groups excluding carboxylic acids is 12. The van der Waals surface area contributed by atoms with E-state index in [9.17, 15) is 77.6 Å². The summed E-state index contributed by atoms with van der Waals surface area (Å²) < 4.78 is 0. The molecule has 21 N–H and O–H groups in total. The second-order valence-corrected chi connectivity index (χ2v) is 22.2. The number of aliphatic carboxylic acids is 1. The average Bonchev–Trinajstić information content (AvgIpc) is 3.63.